The van der Waals surface area contributed by atoms with E-state index in [1.54, 1.807) is 0 Å². The van der Waals surface area contributed by atoms with Gasteiger partial charge in [-0.1, -0.05) is 36.4 Å². The van der Waals surface area contributed by atoms with Crippen molar-refractivity contribution >= 4 is 11.8 Å². The molecule has 2 aromatic rings. The summed E-state index contributed by atoms with van der Waals surface area (Å²) in [5.74, 6) is 1.65. The van der Waals surface area contributed by atoms with E-state index in [9.17, 15) is 9.90 Å². The zero-order chi connectivity index (χ0) is 21.9. The van der Waals surface area contributed by atoms with Crippen molar-refractivity contribution in [3.8, 4) is 0 Å². The quantitative estimate of drug-likeness (QED) is 0.696. The first-order valence-corrected chi connectivity index (χ1v) is 12.1. The van der Waals surface area contributed by atoms with E-state index in [-0.39, 0.29) is 0 Å². The summed E-state index contributed by atoms with van der Waals surface area (Å²) in [4.78, 5) is 21.4. The predicted octanol–water partition coefficient (Wildman–Crippen LogP) is 3.45. The van der Waals surface area contributed by atoms with Crippen LogP contribution >= 0.6 is 0 Å². The molecule has 0 spiro atoms. The standard InChI is InChI=1S/C26H34N4O2/c31-26(32)24(21-5-2-1-3-6-21)30-17-20(18-30)16-29-13-10-19(11-14-29)15-23-9-8-22-7-4-12-27-25(22)28-23/h1-3,5-6,8-9,19-20,24H,4,7,10-18H2,(H,27,28)(H,31,32)/t24-/m1/s1. The second kappa shape index (κ2) is 9.59. The third-order valence-corrected chi connectivity index (χ3v) is 7.37. The first-order valence-electron chi connectivity index (χ1n) is 12.1. The van der Waals surface area contributed by atoms with Gasteiger partial charge in [-0.25, -0.2) is 4.98 Å². The summed E-state index contributed by atoms with van der Waals surface area (Å²) >= 11 is 0. The minimum atomic E-state index is -0.749. The smallest absolute Gasteiger partial charge is 0.325 e. The molecule has 6 nitrogen and oxygen atoms in total. The number of nitrogens with zero attached hydrogens (tertiary/aromatic N) is 3. The molecule has 6 heteroatoms. The van der Waals surface area contributed by atoms with Gasteiger partial charge in [0.15, 0.2) is 0 Å². The van der Waals surface area contributed by atoms with Crippen LogP contribution in [0.2, 0.25) is 0 Å². The van der Waals surface area contributed by atoms with Gasteiger partial charge in [0.2, 0.25) is 0 Å². The highest BCUT2D eigenvalue weighted by Crippen LogP contribution is 2.31. The second-order valence-electron chi connectivity index (χ2n) is 9.76. The van der Waals surface area contributed by atoms with Crippen molar-refractivity contribution in [1.82, 2.24) is 14.8 Å². The molecule has 3 aliphatic rings. The summed E-state index contributed by atoms with van der Waals surface area (Å²) in [5, 5.41) is 13.2. The minimum absolute atomic E-state index is 0.517. The molecular weight excluding hydrogens is 400 g/mol. The molecule has 1 aromatic carbocycles. The lowest BCUT2D eigenvalue weighted by molar-refractivity contribution is -0.147. The van der Waals surface area contributed by atoms with Gasteiger partial charge in [0.05, 0.1) is 0 Å². The van der Waals surface area contributed by atoms with Crippen LogP contribution in [0.5, 0.6) is 0 Å². The molecule has 5 rings (SSSR count). The number of carboxylic acids is 1. The summed E-state index contributed by atoms with van der Waals surface area (Å²) in [7, 11) is 0. The molecule has 1 atom stereocenters. The SMILES string of the molecule is O=C(O)[C@@H](c1ccccc1)N1CC(CN2CCC(Cc3ccc4c(n3)NCCC4)CC2)C1. The molecule has 0 saturated carbocycles. The van der Waals surface area contributed by atoms with Crippen LogP contribution < -0.4 is 5.32 Å². The molecule has 2 saturated heterocycles. The second-order valence-corrected chi connectivity index (χ2v) is 9.76. The summed E-state index contributed by atoms with van der Waals surface area (Å²) in [5.41, 5.74) is 3.47. The maximum Gasteiger partial charge on any atom is 0.325 e. The number of fused-ring (bicyclic) bond motifs is 1. The Bertz CT molecular complexity index is 921. The number of carboxylic acid groups (broad SMARTS) is 1. The fraction of sp³-hybridized carbons (Fsp3) is 0.538. The van der Waals surface area contributed by atoms with E-state index >= 15 is 0 Å². The Hall–Kier alpha value is -2.44. The number of carbonyl (C=O) groups is 1. The van der Waals surface area contributed by atoms with E-state index in [1.807, 2.05) is 30.3 Å². The third-order valence-electron chi connectivity index (χ3n) is 7.37. The van der Waals surface area contributed by atoms with Crippen molar-refractivity contribution < 1.29 is 9.90 Å². The Morgan fingerprint density at radius 1 is 1.09 bits per heavy atom. The number of hydrogen-bond donors (Lipinski definition) is 2. The lowest BCUT2D eigenvalue weighted by atomic mass is 9.89. The minimum Gasteiger partial charge on any atom is -0.480 e. The van der Waals surface area contributed by atoms with Crippen LogP contribution in [0.4, 0.5) is 5.82 Å². The van der Waals surface area contributed by atoms with E-state index in [0.29, 0.717) is 11.8 Å². The van der Waals surface area contributed by atoms with Gasteiger partial charge in [-0.3, -0.25) is 9.69 Å². The lowest BCUT2D eigenvalue weighted by Crippen LogP contribution is -2.54. The van der Waals surface area contributed by atoms with Gasteiger partial charge < -0.3 is 15.3 Å². The third kappa shape index (κ3) is 4.81. The van der Waals surface area contributed by atoms with Crippen LogP contribution in [0.3, 0.4) is 0 Å². The van der Waals surface area contributed by atoms with Crippen molar-refractivity contribution in [3.05, 3.63) is 59.3 Å². The topological polar surface area (TPSA) is 68.7 Å². The first kappa shape index (κ1) is 21.4. The van der Waals surface area contributed by atoms with Gasteiger partial charge in [0, 0.05) is 31.9 Å². The summed E-state index contributed by atoms with van der Waals surface area (Å²) in [6.45, 7) is 6.16. The molecule has 0 bridgehead atoms. The van der Waals surface area contributed by atoms with E-state index in [2.05, 4.69) is 27.2 Å². The number of rotatable bonds is 7. The van der Waals surface area contributed by atoms with Crippen LogP contribution in [0.15, 0.2) is 42.5 Å². The Morgan fingerprint density at radius 3 is 2.62 bits per heavy atom. The fourth-order valence-corrected chi connectivity index (χ4v) is 5.60. The van der Waals surface area contributed by atoms with Crippen molar-refractivity contribution in [2.45, 2.75) is 38.1 Å². The predicted molar refractivity (Wildman–Crippen MR) is 126 cm³/mol. The van der Waals surface area contributed by atoms with Gasteiger partial charge in [0.1, 0.15) is 11.9 Å². The molecule has 0 radical (unpaired) electrons. The van der Waals surface area contributed by atoms with E-state index < -0.39 is 12.0 Å². The zero-order valence-corrected chi connectivity index (χ0v) is 18.7. The van der Waals surface area contributed by atoms with Gasteiger partial charge in [-0.2, -0.15) is 0 Å². The number of piperidine rings is 1. The number of likely N-dealkylation sites (tertiary alicyclic amines) is 2. The highest BCUT2D eigenvalue weighted by atomic mass is 16.4. The number of benzene rings is 1. The highest BCUT2D eigenvalue weighted by molar-refractivity contribution is 5.75. The van der Waals surface area contributed by atoms with Crippen LogP contribution in [-0.2, 0) is 17.6 Å². The number of aliphatic carboxylic acids is 1. The number of aryl methyl sites for hydroxylation is 1. The average molecular weight is 435 g/mol. The fourth-order valence-electron chi connectivity index (χ4n) is 5.60. The molecule has 170 valence electrons. The molecular formula is C26H34N4O2. The molecule has 2 fully saturated rings. The lowest BCUT2D eigenvalue weighted by Gasteiger charge is -2.45. The Labute approximate surface area is 190 Å². The number of nitrogens with one attached hydrogen (secondary N) is 1. The summed E-state index contributed by atoms with van der Waals surface area (Å²) in [6, 6.07) is 13.6. The van der Waals surface area contributed by atoms with Crippen LogP contribution in [0, 0.1) is 11.8 Å². The number of hydrogen-bond acceptors (Lipinski definition) is 5. The van der Waals surface area contributed by atoms with Gasteiger partial charge in [-0.05, 0) is 74.2 Å². The molecule has 4 heterocycles. The van der Waals surface area contributed by atoms with Crippen molar-refractivity contribution in [3.63, 3.8) is 0 Å². The van der Waals surface area contributed by atoms with Crippen LogP contribution in [0.1, 0.15) is 42.1 Å². The molecule has 0 aliphatic carbocycles. The van der Waals surface area contributed by atoms with Gasteiger partial charge >= 0.3 is 5.97 Å². The highest BCUT2D eigenvalue weighted by Gasteiger charge is 2.38. The van der Waals surface area contributed by atoms with Crippen LogP contribution in [0.25, 0.3) is 0 Å². The van der Waals surface area contributed by atoms with E-state index in [4.69, 9.17) is 4.98 Å². The Balaban J connectivity index is 1.07. The molecule has 1 aromatic heterocycles. The molecule has 32 heavy (non-hydrogen) atoms. The Morgan fingerprint density at radius 2 is 1.88 bits per heavy atom. The van der Waals surface area contributed by atoms with Crippen molar-refractivity contribution in [2.24, 2.45) is 11.8 Å². The monoisotopic (exact) mass is 434 g/mol. The maximum atomic E-state index is 11.8. The van der Waals surface area contributed by atoms with E-state index in [0.717, 1.165) is 63.5 Å². The zero-order valence-electron chi connectivity index (χ0n) is 18.7. The number of aromatic nitrogens is 1. The average Bonchev–Trinajstić information content (AvgIpc) is 2.79. The van der Waals surface area contributed by atoms with Gasteiger partial charge in [0.25, 0.3) is 0 Å². The number of pyridine rings is 1. The largest absolute Gasteiger partial charge is 0.480 e. The molecule has 2 N–H and O–H groups in total. The molecule has 3 aliphatic heterocycles. The normalized spacial score (nSPS) is 21.4. The van der Waals surface area contributed by atoms with Crippen LogP contribution in [-0.4, -0.2) is 65.1 Å². The molecule has 0 amide bonds. The Kier molecular flexibility index (Phi) is 6.42. The first-order chi connectivity index (χ1) is 15.7. The maximum absolute atomic E-state index is 11.8. The van der Waals surface area contributed by atoms with Gasteiger partial charge in [-0.15, -0.1) is 0 Å². The molecule has 0 unspecified atom stereocenters. The summed E-state index contributed by atoms with van der Waals surface area (Å²) in [6.07, 6.45) is 5.88. The van der Waals surface area contributed by atoms with Crippen molar-refractivity contribution in [1.29, 1.82) is 0 Å². The van der Waals surface area contributed by atoms with E-state index in [1.165, 1.54) is 30.5 Å². The van der Waals surface area contributed by atoms with Crippen molar-refractivity contribution in [2.75, 3.05) is 44.6 Å². The summed E-state index contributed by atoms with van der Waals surface area (Å²) < 4.78 is 0. The number of anilines is 1.